The maximum atomic E-state index is 10.3. The first-order chi connectivity index (χ1) is 9.10. The lowest BCUT2D eigenvalue weighted by atomic mass is 10.0. The molecule has 1 atom stereocenters. The van der Waals surface area contributed by atoms with E-state index in [-0.39, 0.29) is 0 Å². The Morgan fingerprint density at radius 2 is 1.74 bits per heavy atom. The van der Waals surface area contributed by atoms with Crippen LogP contribution in [0.25, 0.3) is 0 Å². The van der Waals surface area contributed by atoms with Crippen molar-refractivity contribution in [3.8, 4) is 0 Å². The summed E-state index contributed by atoms with van der Waals surface area (Å²) >= 11 is 0. The normalized spacial score (nSPS) is 12.4. The molecule has 2 rings (SSSR count). The first-order valence-corrected chi connectivity index (χ1v) is 6.79. The van der Waals surface area contributed by atoms with E-state index in [0.29, 0.717) is 6.42 Å². The summed E-state index contributed by atoms with van der Waals surface area (Å²) in [6.07, 6.45) is 2.93. The van der Waals surface area contributed by atoms with Crippen LogP contribution in [0.4, 0.5) is 0 Å². The van der Waals surface area contributed by atoms with E-state index in [4.69, 9.17) is 0 Å². The van der Waals surface area contributed by atoms with E-state index in [1.165, 1.54) is 5.56 Å². The Morgan fingerprint density at radius 1 is 1.11 bits per heavy atom. The molecule has 1 aromatic carbocycles. The monoisotopic (exact) mass is 255 g/mol. The zero-order valence-corrected chi connectivity index (χ0v) is 11.9. The molecule has 0 spiro atoms. The molecule has 0 aliphatic carbocycles. The van der Waals surface area contributed by atoms with Crippen LogP contribution < -0.4 is 0 Å². The highest BCUT2D eigenvalue weighted by Gasteiger charge is 2.12. The molecule has 0 aliphatic rings. The Bertz CT molecular complexity index is 546. The van der Waals surface area contributed by atoms with E-state index in [1.54, 1.807) is 0 Å². The zero-order valence-electron chi connectivity index (χ0n) is 11.9. The number of aryl methyl sites for hydroxylation is 3. The molecular formula is C17H21NO. The van der Waals surface area contributed by atoms with Crippen LogP contribution in [0.3, 0.4) is 0 Å². The molecule has 1 heterocycles. The first kappa shape index (κ1) is 13.8. The number of nitrogens with zero attached hydrogens (tertiary/aromatic N) is 1. The fraction of sp³-hybridized carbons (Fsp3) is 0.353. The molecular weight excluding hydrogens is 234 g/mol. The van der Waals surface area contributed by atoms with Gasteiger partial charge in [-0.3, -0.25) is 4.98 Å². The van der Waals surface area contributed by atoms with E-state index in [0.717, 1.165) is 28.8 Å². The molecule has 2 aromatic rings. The summed E-state index contributed by atoms with van der Waals surface area (Å²) in [6.45, 7) is 6.15. The Morgan fingerprint density at radius 3 is 2.32 bits per heavy atom. The highest BCUT2D eigenvalue weighted by atomic mass is 16.3. The molecule has 2 heteroatoms. The summed E-state index contributed by atoms with van der Waals surface area (Å²) in [4.78, 5) is 4.36. The minimum Gasteiger partial charge on any atom is -0.386 e. The smallest absolute Gasteiger partial charge is 0.100 e. The van der Waals surface area contributed by atoms with E-state index < -0.39 is 6.10 Å². The van der Waals surface area contributed by atoms with Gasteiger partial charge >= 0.3 is 0 Å². The quantitative estimate of drug-likeness (QED) is 0.906. The molecule has 1 N–H and O–H groups in total. The summed E-state index contributed by atoms with van der Waals surface area (Å²) in [5.41, 5.74) is 5.43. The molecule has 19 heavy (non-hydrogen) atoms. The van der Waals surface area contributed by atoms with Gasteiger partial charge in [-0.05, 0) is 42.5 Å². The van der Waals surface area contributed by atoms with Crippen LogP contribution in [0.1, 0.15) is 41.0 Å². The van der Waals surface area contributed by atoms with E-state index in [1.807, 2.05) is 20.0 Å². The molecule has 0 saturated heterocycles. The maximum absolute atomic E-state index is 10.3. The van der Waals surface area contributed by atoms with Crippen LogP contribution in [0.2, 0.25) is 0 Å². The lowest BCUT2D eigenvalue weighted by Gasteiger charge is -2.13. The van der Waals surface area contributed by atoms with Crippen molar-refractivity contribution in [1.29, 1.82) is 0 Å². The number of benzene rings is 1. The molecule has 0 aliphatic heterocycles. The van der Waals surface area contributed by atoms with Gasteiger partial charge < -0.3 is 5.11 Å². The Hall–Kier alpha value is -1.67. The van der Waals surface area contributed by atoms with E-state index >= 15 is 0 Å². The van der Waals surface area contributed by atoms with Crippen molar-refractivity contribution in [2.75, 3.05) is 0 Å². The van der Waals surface area contributed by atoms with Crippen molar-refractivity contribution < 1.29 is 5.11 Å². The summed E-state index contributed by atoms with van der Waals surface area (Å²) in [7, 11) is 0. The molecule has 0 radical (unpaired) electrons. The molecule has 1 aromatic heterocycles. The predicted molar refractivity (Wildman–Crippen MR) is 78.2 cm³/mol. The largest absolute Gasteiger partial charge is 0.386 e. The van der Waals surface area contributed by atoms with Crippen molar-refractivity contribution in [1.82, 2.24) is 4.98 Å². The number of hydrogen-bond donors (Lipinski definition) is 1. The third-order valence-electron chi connectivity index (χ3n) is 3.43. The van der Waals surface area contributed by atoms with Crippen molar-refractivity contribution >= 4 is 0 Å². The molecule has 100 valence electrons. The highest BCUT2D eigenvalue weighted by Crippen LogP contribution is 2.20. The minimum atomic E-state index is -0.534. The second kappa shape index (κ2) is 5.98. The van der Waals surface area contributed by atoms with E-state index in [2.05, 4.69) is 42.2 Å². The Kier molecular flexibility index (Phi) is 4.33. The summed E-state index contributed by atoms with van der Waals surface area (Å²) in [6, 6.07) is 10.5. The van der Waals surface area contributed by atoms with Crippen molar-refractivity contribution in [2.24, 2.45) is 0 Å². The number of aliphatic hydroxyl groups is 1. The van der Waals surface area contributed by atoms with Crippen molar-refractivity contribution in [2.45, 2.75) is 39.7 Å². The standard InChI is InChI=1S/C17H21NO/c1-4-14-5-7-15(8-6-14)10-16(19)17-13(3)9-12(2)11-18-17/h5-9,11,16,19H,4,10H2,1-3H3. The molecule has 0 fully saturated rings. The van der Waals surface area contributed by atoms with Crippen LogP contribution in [0.5, 0.6) is 0 Å². The fourth-order valence-electron chi connectivity index (χ4n) is 2.31. The number of hydrogen-bond acceptors (Lipinski definition) is 2. The van der Waals surface area contributed by atoms with Crippen LogP contribution in [-0.4, -0.2) is 10.1 Å². The van der Waals surface area contributed by atoms with E-state index in [9.17, 15) is 5.11 Å². The van der Waals surface area contributed by atoms with Crippen molar-refractivity contribution in [3.05, 3.63) is 64.5 Å². The second-order valence-corrected chi connectivity index (χ2v) is 5.10. The molecule has 1 unspecified atom stereocenters. The molecule has 0 bridgehead atoms. The first-order valence-electron chi connectivity index (χ1n) is 6.79. The minimum absolute atomic E-state index is 0.534. The number of pyridine rings is 1. The van der Waals surface area contributed by atoms with Crippen LogP contribution >= 0.6 is 0 Å². The van der Waals surface area contributed by atoms with Crippen LogP contribution in [-0.2, 0) is 12.8 Å². The maximum Gasteiger partial charge on any atom is 0.100 e. The van der Waals surface area contributed by atoms with Crippen LogP contribution in [0.15, 0.2) is 36.5 Å². The van der Waals surface area contributed by atoms with Crippen LogP contribution in [0, 0.1) is 13.8 Å². The van der Waals surface area contributed by atoms with Gasteiger partial charge in [0.25, 0.3) is 0 Å². The van der Waals surface area contributed by atoms with Gasteiger partial charge in [0.2, 0.25) is 0 Å². The van der Waals surface area contributed by atoms with Crippen molar-refractivity contribution in [3.63, 3.8) is 0 Å². The zero-order chi connectivity index (χ0) is 13.8. The summed E-state index contributed by atoms with van der Waals surface area (Å²) in [5, 5.41) is 10.3. The number of rotatable bonds is 4. The average Bonchev–Trinajstić information content (AvgIpc) is 2.39. The summed E-state index contributed by atoms with van der Waals surface area (Å²) < 4.78 is 0. The van der Waals surface area contributed by atoms with Gasteiger partial charge in [-0.25, -0.2) is 0 Å². The molecule has 0 amide bonds. The van der Waals surface area contributed by atoms with Gasteiger partial charge in [0.1, 0.15) is 6.10 Å². The topological polar surface area (TPSA) is 33.1 Å². The average molecular weight is 255 g/mol. The predicted octanol–water partition coefficient (Wildman–Crippen LogP) is 3.54. The second-order valence-electron chi connectivity index (χ2n) is 5.10. The van der Waals surface area contributed by atoms with Gasteiger partial charge in [0, 0.05) is 12.6 Å². The van der Waals surface area contributed by atoms with Gasteiger partial charge in [0.05, 0.1) is 5.69 Å². The third kappa shape index (κ3) is 3.42. The molecule has 2 nitrogen and oxygen atoms in total. The lowest BCUT2D eigenvalue weighted by Crippen LogP contribution is -2.06. The van der Waals surface area contributed by atoms with Gasteiger partial charge in [-0.2, -0.15) is 0 Å². The third-order valence-corrected chi connectivity index (χ3v) is 3.43. The number of aliphatic hydroxyl groups excluding tert-OH is 1. The van der Waals surface area contributed by atoms with Gasteiger partial charge in [-0.1, -0.05) is 37.3 Å². The van der Waals surface area contributed by atoms with Gasteiger partial charge in [-0.15, -0.1) is 0 Å². The molecule has 0 saturated carbocycles. The Balaban J connectivity index is 2.13. The fourth-order valence-corrected chi connectivity index (χ4v) is 2.31. The highest BCUT2D eigenvalue weighted by molar-refractivity contribution is 5.28. The summed E-state index contributed by atoms with van der Waals surface area (Å²) in [5.74, 6) is 0. The Labute approximate surface area is 115 Å². The lowest BCUT2D eigenvalue weighted by molar-refractivity contribution is 0.173. The van der Waals surface area contributed by atoms with Gasteiger partial charge in [0.15, 0.2) is 0 Å². The SMILES string of the molecule is CCc1ccc(CC(O)c2ncc(C)cc2C)cc1. The number of aromatic nitrogens is 1.